The molecule has 24 heavy (non-hydrogen) atoms. The van der Waals surface area contributed by atoms with Gasteiger partial charge in [0.2, 0.25) is 5.91 Å². The minimum atomic E-state index is -0.0794. The van der Waals surface area contributed by atoms with E-state index in [0.29, 0.717) is 6.04 Å². The second-order valence-electron chi connectivity index (χ2n) is 6.91. The number of rotatable bonds is 3. The lowest BCUT2D eigenvalue weighted by Crippen LogP contribution is -2.43. The third-order valence-electron chi connectivity index (χ3n) is 5.35. The molecule has 3 heteroatoms. The second-order valence-corrected chi connectivity index (χ2v) is 6.91. The zero-order valence-corrected chi connectivity index (χ0v) is 13.9. The topological polar surface area (TPSA) is 41.1 Å². The molecule has 4 rings (SSSR count). The molecule has 124 valence electrons. The number of aryl methyl sites for hydroxylation is 1. The molecule has 1 heterocycles. The Labute approximate surface area is 143 Å². The van der Waals surface area contributed by atoms with Crippen LogP contribution in [-0.4, -0.2) is 11.9 Å². The van der Waals surface area contributed by atoms with Crippen LogP contribution in [0.1, 0.15) is 54.5 Å². The van der Waals surface area contributed by atoms with Crippen LogP contribution in [0.4, 0.5) is 0 Å². The Kier molecular flexibility index (Phi) is 4.35. The average molecular weight is 320 g/mol. The van der Waals surface area contributed by atoms with Crippen LogP contribution in [0.5, 0.6) is 0 Å². The normalized spacial score (nSPS) is 25.9. The van der Waals surface area contributed by atoms with Crippen LogP contribution in [0.2, 0.25) is 0 Å². The first-order valence-electron chi connectivity index (χ1n) is 9.00. The molecule has 0 aromatic heterocycles. The van der Waals surface area contributed by atoms with Gasteiger partial charge in [-0.3, -0.25) is 10.1 Å². The molecule has 2 aromatic carbocycles. The smallest absolute Gasteiger partial charge is 0.237 e. The van der Waals surface area contributed by atoms with E-state index in [1.807, 2.05) is 6.07 Å². The molecule has 1 fully saturated rings. The van der Waals surface area contributed by atoms with E-state index in [4.69, 9.17) is 0 Å². The Morgan fingerprint density at radius 1 is 0.958 bits per heavy atom. The number of nitrogens with one attached hydrogen (secondary N) is 2. The lowest BCUT2D eigenvalue weighted by Gasteiger charge is -2.27. The van der Waals surface area contributed by atoms with Gasteiger partial charge in [0.1, 0.15) is 0 Å². The van der Waals surface area contributed by atoms with Crippen molar-refractivity contribution in [3.05, 3.63) is 71.3 Å². The van der Waals surface area contributed by atoms with Crippen molar-refractivity contribution in [3.63, 3.8) is 0 Å². The molecule has 3 atom stereocenters. The molecule has 1 amide bonds. The zero-order chi connectivity index (χ0) is 16.4. The van der Waals surface area contributed by atoms with E-state index in [2.05, 4.69) is 59.2 Å². The number of benzene rings is 2. The summed E-state index contributed by atoms with van der Waals surface area (Å²) in [4.78, 5) is 12.7. The van der Waals surface area contributed by atoms with E-state index in [9.17, 15) is 4.79 Å². The third-order valence-corrected chi connectivity index (χ3v) is 5.35. The first kappa shape index (κ1) is 15.4. The number of fused-ring (bicyclic) bond motifs is 1. The number of amides is 1. The first-order valence-corrected chi connectivity index (χ1v) is 9.00. The zero-order valence-electron chi connectivity index (χ0n) is 13.9. The van der Waals surface area contributed by atoms with Crippen molar-refractivity contribution in [1.29, 1.82) is 0 Å². The van der Waals surface area contributed by atoms with E-state index < -0.39 is 0 Å². The monoisotopic (exact) mass is 320 g/mol. The van der Waals surface area contributed by atoms with Crippen molar-refractivity contribution in [2.24, 2.45) is 0 Å². The van der Waals surface area contributed by atoms with E-state index in [-0.39, 0.29) is 18.0 Å². The van der Waals surface area contributed by atoms with E-state index in [0.717, 1.165) is 32.1 Å². The van der Waals surface area contributed by atoms with Gasteiger partial charge in [-0.1, -0.05) is 54.6 Å². The molecule has 2 aromatic rings. The van der Waals surface area contributed by atoms with Crippen LogP contribution >= 0.6 is 0 Å². The van der Waals surface area contributed by atoms with Crippen molar-refractivity contribution in [3.8, 4) is 0 Å². The van der Waals surface area contributed by atoms with Crippen molar-refractivity contribution in [2.75, 3.05) is 0 Å². The molecular formula is C21H24N2O. The van der Waals surface area contributed by atoms with Gasteiger partial charge in [0.05, 0.1) is 12.1 Å². The lowest BCUT2D eigenvalue weighted by molar-refractivity contribution is -0.123. The molecule has 2 aliphatic rings. The number of hydrogen-bond donors (Lipinski definition) is 2. The summed E-state index contributed by atoms with van der Waals surface area (Å²) in [5.41, 5.74) is 3.96. The summed E-state index contributed by atoms with van der Waals surface area (Å²) < 4.78 is 0. The Hall–Kier alpha value is -2.13. The standard InChI is InChI=1S/C21H24N2O/c24-21(20-14-13-18(22-20)16-8-2-1-3-9-16)23-19-12-6-10-15-7-4-5-11-17(15)19/h1-5,7-9,11,18-20,22H,6,10,12-14H2,(H,23,24)/t18-,19+,20-/m0/s1. The van der Waals surface area contributed by atoms with Gasteiger partial charge in [-0.2, -0.15) is 0 Å². The SMILES string of the molecule is O=C(N[C@@H]1CCCc2ccccc21)[C@@H]1CC[C@@H](c2ccccc2)N1. The quantitative estimate of drug-likeness (QED) is 0.906. The fraction of sp³-hybridized carbons (Fsp3) is 0.381. The highest BCUT2D eigenvalue weighted by atomic mass is 16.2. The van der Waals surface area contributed by atoms with Crippen molar-refractivity contribution in [1.82, 2.24) is 10.6 Å². The Morgan fingerprint density at radius 3 is 2.62 bits per heavy atom. The second kappa shape index (κ2) is 6.78. The van der Waals surface area contributed by atoms with Crippen LogP contribution in [0.3, 0.4) is 0 Å². The molecule has 0 bridgehead atoms. The highest BCUT2D eigenvalue weighted by Crippen LogP contribution is 2.31. The minimum Gasteiger partial charge on any atom is -0.348 e. The van der Waals surface area contributed by atoms with Gasteiger partial charge in [-0.05, 0) is 48.8 Å². The number of carbonyl (C=O) groups excluding carboxylic acids is 1. The Balaban J connectivity index is 1.41. The highest BCUT2D eigenvalue weighted by molar-refractivity contribution is 5.82. The van der Waals surface area contributed by atoms with E-state index in [1.165, 1.54) is 16.7 Å². The maximum Gasteiger partial charge on any atom is 0.237 e. The van der Waals surface area contributed by atoms with Crippen molar-refractivity contribution >= 4 is 5.91 Å². The summed E-state index contributed by atoms with van der Waals surface area (Å²) in [5, 5.41) is 6.80. The summed E-state index contributed by atoms with van der Waals surface area (Å²) in [6.07, 6.45) is 5.23. The van der Waals surface area contributed by atoms with Gasteiger partial charge in [0, 0.05) is 6.04 Å². The van der Waals surface area contributed by atoms with Crippen LogP contribution in [-0.2, 0) is 11.2 Å². The van der Waals surface area contributed by atoms with Gasteiger partial charge >= 0.3 is 0 Å². The molecule has 2 N–H and O–H groups in total. The minimum absolute atomic E-state index is 0.0794. The van der Waals surface area contributed by atoms with Gasteiger partial charge in [0.15, 0.2) is 0 Å². The van der Waals surface area contributed by atoms with Crippen molar-refractivity contribution in [2.45, 2.75) is 50.2 Å². The molecule has 0 spiro atoms. The summed E-state index contributed by atoms with van der Waals surface area (Å²) in [5.74, 6) is 0.148. The summed E-state index contributed by atoms with van der Waals surface area (Å²) >= 11 is 0. The van der Waals surface area contributed by atoms with E-state index >= 15 is 0 Å². The van der Waals surface area contributed by atoms with Crippen LogP contribution < -0.4 is 10.6 Å². The van der Waals surface area contributed by atoms with E-state index in [1.54, 1.807) is 0 Å². The Bertz CT molecular complexity index is 713. The fourth-order valence-electron chi connectivity index (χ4n) is 4.07. The summed E-state index contributed by atoms with van der Waals surface area (Å²) in [6, 6.07) is 19.3. The van der Waals surface area contributed by atoms with Crippen LogP contribution in [0.25, 0.3) is 0 Å². The highest BCUT2D eigenvalue weighted by Gasteiger charge is 2.31. The van der Waals surface area contributed by atoms with Crippen LogP contribution in [0.15, 0.2) is 54.6 Å². The van der Waals surface area contributed by atoms with Gasteiger partial charge in [0.25, 0.3) is 0 Å². The average Bonchev–Trinajstić information content (AvgIpc) is 3.13. The summed E-state index contributed by atoms with van der Waals surface area (Å²) in [6.45, 7) is 0. The summed E-state index contributed by atoms with van der Waals surface area (Å²) in [7, 11) is 0. The number of carbonyl (C=O) groups is 1. The molecule has 1 aliphatic heterocycles. The maximum atomic E-state index is 12.7. The van der Waals surface area contributed by atoms with Gasteiger partial charge in [-0.25, -0.2) is 0 Å². The lowest BCUT2D eigenvalue weighted by atomic mass is 9.87. The molecule has 1 aliphatic carbocycles. The molecule has 1 saturated heterocycles. The predicted octanol–water partition coefficient (Wildman–Crippen LogP) is 3.67. The fourth-order valence-corrected chi connectivity index (χ4v) is 4.07. The molecule has 3 nitrogen and oxygen atoms in total. The molecular weight excluding hydrogens is 296 g/mol. The first-order chi connectivity index (χ1) is 11.8. The number of hydrogen-bond acceptors (Lipinski definition) is 2. The maximum absolute atomic E-state index is 12.7. The van der Waals surface area contributed by atoms with Gasteiger partial charge < -0.3 is 5.32 Å². The van der Waals surface area contributed by atoms with Gasteiger partial charge in [-0.15, -0.1) is 0 Å². The molecule has 0 radical (unpaired) electrons. The largest absolute Gasteiger partial charge is 0.348 e. The van der Waals surface area contributed by atoms with Crippen LogP contribution in [0, 0.1) is 0 Å². The Morgan fingerprint density at radius 2 is 1.75 bits per heavy atom. The third kappa shape index (κ3) is 3.09. The predicted molar refractivity (Wildman–Crippen MR) is 95.6 cm³/mol. The molecule has 0 saturated carbocycles. The van der Waals surface area contributed by atoms with Crippen molar-refractivity contribution < 1.29 is 4.79 Å². The molecule has 0 unspecified atom stereocenters.